The average molecular weight is 408 g/mol. The summed E-state index contributed by atoms with van der Waals surface area (Å²) in [6.07, 6.45) is 1.45. The van der Waals surface area contributed by atoms with E-state index in [2.05, 4.69) is 0 Å². The molecular weight excluding hydrogens is 376 g/mol. The monoisotopic (exact) mass is 408 g/mol. The summed E-state index contributed by atoms with van der Waals surface area (Å²) in [5, 5.41) is 19.5. The minimum atomic E-state index is -1.07. The minimum Gasteiger partial charge on any atom is -0.492 e. The highest BCUT2D eigenvalue weighted by molar-refractivity contribution is 5.94. The quantitative estimate of drug-likeness (QED) is 0.292. The zero-order valence-corrected chi connectivity index (χ0v) is 17.6. The van der Waals surface area contributed by atoms with Crippen molar-refractivity contribution in [1.29, 1.82) is 0 Å². The van der Waals surface area contributed by atoms with Gasteiger partial charge < -0.3 is 24.4 Å². The van der Waals surface area contributed by atoms with Crippen molar-refractivity contribution >= 4 is 17.7 Å². The van der Waals surface area contributed by atoms with Crippen molar-refractivity contribution in [3.05, 3.63) is 41.7 Å². The molecule has 0 heterocycles. The van der Waals surface area contributed by atoms with E-state index in [0.29, 0.717) is 18.4 Å². The van der Waals surface area contributed by atoms with Crippen LogP contribution in [0, 0.1) is 5.41 Å². The molecule has 0 amide bonds. The lowest BCUT2D eigenvalue weighted by atomic mass is 9.75. The molecular formula is C22H32O7. The molecule has 2 unspecified atom stereocenters. The number of esters is 1. The van der Waals surface area contributed by atoms with Crippen LogP contribution in [0.3, 0.4) is 0 Å². The largest absolute Gasteiger partial charge is 0.492 e. The smallest absolute Gasteiger partial charge is 0.377 e. The van der Waals surface area contributed by atoms with Gasteiger partial charge >= 0.3 is 11.9 Å². The summed E-state index contributed by atoms with van der Waals surface area (Å²) in [7, 11) is 2.73. The Bertz CT molecular complexity index is 684. The third-order valence-corrected chi connectivity index (χ3v) is 5.07. The van der Waals surface area contributed by atoms with E-state index < -0.39 is 30.1 Å². The van der Waals surface area contributed by atoms with Gasteiger partial charge in [-0.3, -0.25) is 4.79 Å². The summed E-state index contributed by atoms with van der Waals surface area (Å²) in [5.74, 6) is -1.73. The van der Waals surface area contributed by atoms with Crippen molar-refractivity contribution in [1.82, 2.24) is 0 Å². The van der Waals surface area contributed by atoms with Crippen LogP contribution in [0.1, 0.15) is 51.5 Å². The normalized spacial score (nSPS) is 14.9. The molecule has 1 rings (SSSR count). The molecule has 7 heteroatoms. The van der Waals surface area contributed by atoms with Crippen LogP contribution in [-0.2, 0) is 23.8 Å². The Balaban J connectivity index is 3.11. The van der Waals surface area contributed by atoms with Crippen LogP contribution in [0.2, 0.25) is 0 Å². The molecule has 0 aliphatic heterocycles. The number of unbranched alkanes of at least 4 members (excludes halogenated alkanes) is 1. The van der Waals surface area contributed by atoms with Crippen molar-refractivity contribution in [2.24, 2.45) is 5.41 Å². The second kappa shape index (κ2) is 12.1. The second-order valence-electron chi connectivity index (χ2n) is 6.89. The van der Waals surface area contributed by atoms with Crippen LogP contribution in [-0.4, -0.2) is 49.1 Å². The zero-order chi connectivity index (χ0) is 21.9. The number of hydrogen-bond acceptors (Lipinski definition) is 6. The van der Waals surface area contributed by atoms with Crippen LogP contribution < -0.4 is 0 Å². The third-order valence-electron chi connectivity index (χ3n) is 5.07. The van der Waals surface area contributed by atoms with E-state index in [-0.39, 0.29) is 17.9 Å². The number of rotatable bonds is 13. The highest BCUT2D eigenvalue weighted by Crippen LogP contribution is 2.35. The van der Waals surface area contributed by atoms with Crippen molar-refractivity contribution in [2.75, 3.05) is 20.8 Å². The van der Waals surface area contributed by atoms with E-state index in [0.717, 1.165) is 12.8 Å². The molecule has 1 aromatic rings. The summed E-state index contributed by atoms with van der Waals surface area (Å²) in [6.45, 7) is 3.29. The van der Waals surface area contributed by atoms with Gasteiger partial charge in [0.25, 0.3) is 0 Å². The van der Waals surface area contributed by atoms with Crippen LogP contribution in [0.5, 0.6) is 0 Å². The Labute approximate surface area is 172 Å². The topological polar surface area (TPSA) is 102 Å². The fourth-order valence-electron chi connectivity index (χ4n) is 3.27. The average Bonchev–Trinajstić information content (AvgIpc) is 2.74. The van der Waals surface area contributed by atoms with E-state index in [1.165, 1.54) is 14.2 Å². The van der Waals surface area contributed by atoms with Crippen LogP contribution in [0.4, 0.5) is 0 Å². The summed E-state index contributed by atoms with van der Waals surface area (Å²) >= 11 is 0. The Kier molecular flexibility index (Phi) is 10.2. The number of aliphatic hydroxyl groups is 1. The molecule has 0 aromatic heterocycles. The van der Waals surface area contributed by atoms with E-state index in [1.807, 2.05) is 13.0 Å². The van der Waals surface area contributed by atoms with Gasteiger partial charge in [0.1, 0.15) is 6.10 Å². The lowest BCUT2D eigenvalue weighted by Gasteiger charge is -2.31. The number of carboxylic acids is 1. The van der Waals surface area contributed by atoms with Gasteiger partial charge in [-0.1, -0.05) is 57.0 Å². The maximum atomic E-state index is 12.7. The lowest BCUT2D eigenvalue weighted by Crippen LogP contribution is -2.37. The van der Waals surface area contributed by atoms with Gasteiger partial charge in [-0.15, -0.1) is 0 Å². The number of aliphatic hydroxyl groups excluding tert-OH is 1. The number of hydrogen-bond donors (Lipinski definition) is 2. The minimum absolute atomic E-state index is 0.0196. The Morgan fingerprint density at radius 3 is 2.21 bits per heavy atom. The molecule has 0 spiro atoms. The first-order valence-corrected chi connectivity index (χ1v) is 9.81. The van der Waals surface area contributed by atoms with Crippen LogP contribution in [0.15, 0.2) is 36.1 Å². The highest BCUT2D eigenvalue weighted by Gasteiger charge is 2.39. The van der Waals surface area contributed by atoms with Crippen molar-refractivity contribution in [3.63, 3.8) is 0 Å². The molecule has 1 aromatic carbocycles. The molecule has 162 valence electrons. The lowest BCUT2D eigenvalue weighted by molar-refractivity contribution is -0.160. The molecule has 0 saturated heterocycles. The van der Waals surface area contributed by atoms with Crippen LogP contribution >= 0.6 is 0 Å². The molecule has 0 aliphatic carbocycles. The van der Waals surface area contributed by atoms with Gasteiger partial charge in [-0.05, 0) is 12.8 Å². The molecule has 0 fully saturated rings. The summed E-state index contributed by atoms with van der Waals surface area (Å²) < 4.78 is 16.0. The van der Waals surface area contributed by atoms with E-state index in [1.54, 1.807) is 31.2 Å². The molecule has 0 saturated carbocycles. The molecule has 0 bridgehead atoms. The number of carbonyl (C=O) groups excluding carboxylic acids is 1. The fourth-order valence-corrected chi connectivity index (χ4v) is 3.27. The SMILES string of the molecule is CCCCC(CC)(CC(CO)OC(=O)C(OC)=C(OC)c1ccccc1)C(=O)O. The summed E-state index contributed by atoms with van der Waals surface area (Å²) in [6, 6.07) is 8.92. The number of carboxylic acid groups (broad SMARTS) is 1. The van der Waals surface area contributed by atoms with Gasteiger partial charge in [0.15, 0.2) is 5.76 Å². The molecule has 2 atom stereocenters. The molecule has 7 nitrogen and oxygen atoms in total. The second-order valence-corrected chi connectivity index (χ2v) is 6.89. The maximum absolute atomic E-state index is 12.7. The standard InChI is InChI=1S/C22H32O7/c1-5-7-13-22(6-2,21(25)26)14-17(15-23)29-20(24)19(28-4)18(27-3)16-11-9-8-10-12-16/h8-12,17,23H,5-7,13-15H2,1-4H3,(H,25,26). The van der Waals surface area contributed by atoms with Crippen molar-refractivity contribution in [2.45, 2.75) is 52.1 Å². The Morgan fingerprint density at radius 1 is 1.10 bits per heavy atom. The first kappa shape index (κ1) is 24.5. The van der Waals surface area contributed by atoms with Gasteiger partial charge in [0, 0.05) is 12.0 Å². The fraction of sp³-hybridized carbons (Fsp3) is 0.545. The zero-order valence-electron chi connectivity index (χ0n) is 17.6. The number of ether oxygens (including phenoxy) is 3. The number of aliphatic carboxylic acids is 1. The van der Waals surface area contributed by atoms with Crippen LogP contribution in [0.25, 0.3) is 5.76 Å². The summed E-state index contributed by atoms with van der Waals surface area (Å²) in [5.41, 5.74) is -0.440. The van der Waals surface area contributed by atoms with E-state index >= 15 is 0 Å². The number of methoxy groups -OCH3 is 2. The first-order valence-electron chi connectivity index (χ1n) is 9.81. The Hall–Kier alpha value is -2.54. The predicted molar refractivity (Wildman–Crippen MR) is 109 cm³/mol. The maximum Gasteiger partial charge on any atom is 0.377 e. The molecule has 0 radical (unpaired) electrons. The molecule has 0 aliphatic rings. The van der Waals surface area contributed by atoms with E-state index in [9.17, 15) is 19.8 Å². The van der Waals surface area contributed by atoms with Gasteiger partial charge in [0.2, 0.25) is 5.76 Å². The summed E-state index contributed by atoms with van der Waals surface area (Å²) in [4.78, 5) is 24.7. The molecule has 2 N–H and O–H groups in total. The van der Waals surface area contributed by atoms with Gasteiger partial charge in [0.05, 0.1) is 26.2 Å². The Morgan fingerprint density at radius 2 is 1.76 bits per heavy atom. The highest BCUT2D eigenvalue weighted by atomic mass is 16.6. The van der Waals surface area contributed by atoms with Crippen molar-refractivity contribution < 1.29 is 34.0 Å². The first-order chi connectivity index (χ1) is 13.9. The van der Waals surface area contributed by atoms with Crippen molar-refractivity contribution in [3.8, 4) is 0 Å². The third kappa shape index (κ3) is 6.49. The number of carbonyl (C=O) groups is 2. The predicted octanol–water partition coefficient (Wildman–Crippen LogP) is 3.61. The van der Waals surface area contributed by atoms with E-state index in [4.69, 9.17) is 14.2 Å². The van der Waals surface area contributed by atoms with Gasteiger partial charge in [-0.25, -0.2) is 4.79 Å². The van der Waals surface area contributed by atoms with Gasteiger partial charge in [-0.2, -0.15) is 0 Å². The molecule has 29 heavy (non-hydrogen) atoms. The number of benzene rings is 1.